The normalized spacial score (nSPS) is 19.0. The number of rotatable bonds is 3. The minimum Gasteiger partial charge on any atom is -0.456 e. The fourth-order valence-electron chi connectivity index (χ4n) is 2.66. The zero-order valence-electron chi connectivity index (χ0n) is 16.9. The van der Waals surface area contributed by atoms with Gasteiger partial charge in [-0.05, 0) is 78.5 Å². The van der Waals surface area contributed by atoms with Crippen LogP contribution in [0.3, 0.4) is 0 Å². The third-order valence-electron chi connectivity index (χ3n) is 4.84. The summed E-state index contributed by atoms with van der Waals surface area (Å²) in [4.78, 5) is 12.6. The highest BCUT2D eigenvalue weighted by Crippen LogP contribution is 2.37. The molecule has 138 valence electrons. The lowest BCUT2D eigenvalue weighted by Crippen LogP contribution is -2.41. The van der Waals surface area contributed by atoms with Crippen molar-refractivity contribution in [3.05, 3.63) is 23.3 Å². The number of benzene rings is 1. The van der Waals surface area contributed by atoms with Gasteiger partial charge in [0, 0.05) is 12.7 Å². The van der Waals surface area contributed by atoms with E-state index in [0.29, 0.717) is 5.56 Å². The van der Waals surface area contributed by atoms with Crippen LogP contribution in [0.1, 0.15) is 64.4 Å². The molecule has 2 rings (SSSR count). The van der Waals surface area contributed by atoms with Crippen LogP contribution in [0.2, 0.25) is 0 Å². The summed E-state index contributed by atoms with van der Waals surface area (Å²) in [7, 11) is 1.30. The van der Waals surface area contributed by atoms with Crippen molar-refractivity contribution in [3.8, 4) is 0 Å². The van der Waals surface area contributed by atoms with Crippen molar-refractivity contribution in [3.63, 3.8) is 0 Å². The Morgan fingerprint density at radius 2 is 1.64 bits per heavy atom. The van der Waals surface area contributed by atoms with Crippen molar-refractivity contribution < 1.29 is 18.8 Å². The highest BCUT2D eigenvalue weighted by atomic mass is 16.7. The molecule has 0 bridgehead atoms. The van der Waals surface area contributed by atoms with Gasteiger partial charge >= 0.3 is 13.1 Å². The quantitative estimate of drug-likeness (QED) is 0.672. The van der Waals surface area contributed by atoms with Gasteiger partial charge in [-0.1, -0.05) is 0 Å². The van der Waals surface area contributed by atoms with E-state index in [1.807, 2.05) is 74.6 Å². The molecule has 0 spiro atoms. The van der Waals surface area contributed by atoms with Crippen molar-refractivity contribution in [1.82, 2.24) is 0 Å². The first-order valence-corrected chi connectivity index (χ1v) is 8.69. The van der Waals surface area contributed by atoms with Gasteiger partial charge in [-0.3, -0.25) is 0 Å². The topological polar surface area (TPSA) is 56.8 Å². The molecule has 0 aromatic heterocycles. The molecule has 1 fully saturated rings. The zero-order valence-corrected chi connectivity index (χ0v) is 16.9. The van der Waals surface area contributed by atoms with E-state index in [1.54, 1.807) is 0 Å². The van der Waals surface area contributed by atoms with Crippen molar-refractivity contribution in [2.75, 3.05) is 12.4 Å². The Labute approximate surface area is 151 Å². The lowest BCUT2D eigenvalue weighted by molar-refractivity contribution is 0.00578. The van der Waals surface area contributed by atoms with Crippen LogP contribution in [0.15, 0.2) is 12.1 Å². The summed E-state index contributed by atoms with van der Waals surface area (Å²) in [5.74, 6) is -0.347. The fraction of sp³-hybridized carbons (Fsp3) is 0.632. The monoisotopic (exact) mass is 347 g/mol. The molecule has 25 heavy (non-hydrogen) atoms. The van der Waals surface area contributed by atoms with Crippen LogP contribution in [0.4, 0.5) is 5.69 Å². The van der Waals surface area contributed by atoms with E-state index in [-0.39, 0.29) is 5.97 Å². The first-order chi connectivity index (χ1) is 11.3. The van der Waals surface area contributed by atoms with E-state index in [4.69, 9.17) is 14.0 Å². The van der Waals surface area contributed by atoms with Crippen LogP contribution in [-0.4, -0.2) is 36.9 Å². The van der Waals surface area contributed by atoms with E-state index in [9.17, 15) is 4.79 Å². The van der Waals surface area contributed by atoms with Gasteiger partial charge in [0.2, 0.25) is 0 Å². The van der Waals surface area contributed by atoms with Gasteiger partial charge in [0.25, 0.3) is 0 Å². The summed E-state index contributed by atoms with van der Waals surface area (Å²) in [6, 6.07) is 3.78. The van der Waals surface area contributed by atoms with Gasteiger partial charge in [-0.2, -0.15) is 0 Å². The largest absolute Gasteiger partial charge is 0.494 e. The third-order valence-corrected chi connectivity index (χ3v) is 4.84. The lowest BCUT2D eigenvalue weighted by Gasteiger charge is -2.32. The van der Waals surface area contributed by atoms with Crippen LogP contribution >= 0.6 is 0 Å². The highest BCUT2D eigenvalue weighted by Gasteiger charge is 2.52. The smallest absolute Gasteiger partial charge is 0.456 e. The number of esters is 1. The van der Waals surface area contributed by atoms with Crippen molar-refractivity contribution in [2.45, 2.75) is 72.2 Å². The maximum absolute atomic E-state index is 12.6. The molecule has 0 unspecified atom stereocenters. The van der Waals surface area contributed by atoms with Gasteiger partial charge in [-0.15, -0.1) is 0 Å². The minimum atomic E-state index is -0.552. The molecule has 1 heterocycles. The van der Waals surface area contributed by atoms with E-state index in [0.717, 1.165) is 16.7 Å². The molecule has 1 aromatic rings. The van der Waals surface area contributed by atoms with Crippen LogP contribution in [0.5, 0.6) is 0 Å². The van der Waals surface area contributed by atoms with E-state index >= 15 is 0 Å². The van der Waals surface area contributed by atoms with E-state index < -0.39 is 23.9 Å². The summed E-state index contributed by atoms with van der Waals surface area (Å²) in [5, 5.41) is 3.14. The first-order valence-electron chi connectivity index (χ1n) is 8.69. The van der Waals surface area contributed by atoms with E-state index in [1.165, 1.54) is 0 Å². The summed E-state index contributed by atoms with van der Waals surface area (Å²) >= 11 is 0. The molecule has 6 heteroatoms. The second-order valence-electron chi connectivity index (χ2n) is 8.58. The number of carbonyl (C=O) groups is 1. The first kappa shape index (κ1) is 19.8. The van der Waals surface area contributed by atoms with Crippen LogP contribution in [0, 0.1) is 6.92 Å². The molecule has 5 nitrogen and oxygen atoms in total. The summed E-state index contributed by atoms with van der Waals surface area (Å²) < 4.78 is 17.8. The lowest BCUT2D eigenvalue weighted by atomic mass is 9.77. The maximum Gasteiger partial charge on any atom is 0.494 e. The molecule has 1 N–H and O–H groups in total. The Hall–Kier alpha value is -1.53. The molecule has 1 aromatic carbocycles. The molecular formula is C19H30BNO4. The Balaban J connectivity index is 2.44. The summed E-state index contributed by atoms with van der Waals surface area (Å²) in [6.07, 6.45) is 0. The van der Waals surface area contributed by atoms with Crippen LogP contribution in [0.25, 0.3) is 0 Å². The molecule has 0 saturated carbocycles. The second kappa shape index (κ2) is 6.33. The molecule has 0 atom stereocenters. The molecule has 1 aliphatic heterocycles. The number of anilines is 1. The van der Waals surface area contributed by atoms with Crippen molar-refractivity contribution in [1.29, 1.82) is 0 Å². The predicted molar refractivity (Wildman–Crippen MR) is 102 cm³/mol. The molecule has 1 saturated heterocycles. The molecular weight excluding hydrogens is 317 g/mol. The van der Waals surface area contributed by atoms with E-state index in [2.05, 4.69) is 5.32 Å². The minimum absolute atomic E-state index is 0.347. The molecule has 0 aliphatic carbocycles. The Morgan fingerprint density at radius 3 is 2.08 bits per heavy atom. The maximum atomic E-state index is 12.6. The van der Waals surface area contributed by atoms with Gasteiger partial charge in [0.1, 0.15) is 5.60 Å². The molecule has 0 amide bonds. The number of nitrogens with one attached hydrogen (secondary N) is 1. The Kier molecular flexibility index (Phi) is 5.01. The summed E-state index contributed by atoms with van der Waals surface area (Å²) in [6.45, 7) is 15.5. The van der Waals surface area contributed by atoms with Crippen molar-refractivity contribution in [2.24, 2.45) is 0 Å². The van der Waals surface area contributed by atoms with Gasteiger partial charge in [0.15, 0.2) is 0 Å². The van der Waals surface area contributed by atoms with Crippen molar-refractivity contribution >= 4 is 24.2 Å². The third kappa shape index (κ3) is 4.01. The van der Waals surface area contributed by atoms with Gasteiger partial charge in [-0.25, -0.2) is 4.79 Å². The average molecular weight is 347 g/mol. The van der Waals surface area contributed by atoms with Crippen LogP contribution in [-0.2, 0) is 14.0 Å². The number of ether oxygens (including phenoxy) is 1. The second-order valence-corrected chi connectivity index (χ2v) is 8.58. The van der Waals surface area contributed by atoms with Gasteiger partial charge in [0.05, 0.1) is 16.8 Å². The Morgan fingerprint density at radius 1 is 1.12 bits per heavy atom. The SMILES string of the molecule is CNc1cc(B2OC(C)(C)C(C)(C)O2)cc(C(=O)OC(C)(C)C)c1C. The highest BCUT2D eigenvalue weighted by molar-refractivity contribution is 6.62. The number of carbonyl (C=O) groups excluding carboxylic acids is 1. The standard InChI is InChI=1S/C19H30BNO4/c1-12-14(16(22)23-17(2,3)4)10-13(11-15(12)21-9)20-24-18(5,6)19(7,8)25-20/h10-11,21H,1-9H3. The fourth-order valence-corrected chi connectivity index (χ4v) is 2.66. The van der Waals surface area contributed by atoms with Gasteiger partial charge < -0.3 is 19.4 Å². The number of hydrogen-bond donors (Lipinski definition) is 1. The predicted octanol–water partition coefficient (Wildman–Crippen LogP) is 3.29. The average Bonchev–Trinajstić information content (AvgIpc) is 2.65. The van der Waals surface area contributed by atoms with Crippen LogP contribution < -0.4 is 10.8 Å². The molecule has 1 aliphatic rings. The number of hydrogen-bond acceptors (Lipinski definition) is 5. The molecule has 0 radical (unpaired) electrons. The summed E-state index contributed by atoms with van der Waals surface area (Å²) in [5.41, 5.74) is 1.60. The Bertz CT molecular complexity index is 661. The zero-order chi connectivity index (χ0) is 19.2.